The molecule has 0 bridgehead atoms. The van der Waals surface area contributed by atoms with E-state index in [4.69, 9.17) is 5.73 Å². The van der Waals surface area contributed by atoms with Crippen LogP contribution < -0.4 is 5.73 Å². The Bertz CT molecular complexity index is 403. The molecule has 0 aromatic heterocycles. The first-order valence-corrected chi connectivity index (χ1v) is 7.25. The smallest absolute Gasteiger partial charge is 0.140 e. The highest BCUT2D eigenvalue weighted by Gasteiger charge is 2.15. The van der Waals surface area contributed by atoms with Gasteiger partial charge in [0, 0.05) is 18.4 Å². The maximum atomic E-state index is 12.3. The Morgan fingerprint density at radius 3 is 2.26 bits per heavy atom. The molecular formula is C17H27NO. The van der Waals surface area contributed by atoms with E-state index in [0.717, 1.165) is 19.3 Å². The molecule has 2 heteroatoms. The number of hydrogen-bond donors (Lipinski definition) is 1. The van der Waals surface area contributed by atoms with Crippen LogP contribution in [0.3, 0.4) is 0 Å². The van der Waals surface area contributed by atoms with Crippen molar-refractivity contribution in [3.63, 3.8) is 0 Å². The minimum atomic E-state index is 0.137. The van der Waals surface area contributed by atoms with Crippen LogP contribution in [0.15, 0.2) is 18.2 Å². The van der Waals surface area contributed by atoms with Gasteiger partial charge in [0.25, 0.3) is 0 Å². The van der Waals surface area contributed by atoms with Crippen LogP contribution in [-0.2, 0) is 11.2 Å². The van der Waals surface area contributed by atoms with E-state index in [-0.39, 0.29) is 12.0 Å². The molecule has 19 heavy (non-hydrogen) atoms. The summed E-state index contributed by atoms with van der Waals surface area (Å²) in [5.41, 5.74) is 9.37. The summed E-state index contributed by atoms with van der Waals surface area (Å²) >= 11 is 0. The summed E-state index contributed by atoms with van der Waals surface area (Å²) < 4.78 is 0. The topological polar surface area (TPSA) is 43.1 Å². The van der Waals surface area contributed by atoms with Gasteiger partial charge in [-0.05, 0) is 50.3 Å². The van der Waals surface area contributed by atoms with Crippen LogP contribution in [-0.4, -0.2) is 11.8 Å². The Morgan fingerprint density at radius 2 is 1.74 bits per heavy atom. The molecule has 0 spiro atoms. The minimum absolute atomic E-state index is 0.137. The summed E-state index contributed by atoms with van der Waals surface area (Å²) in [5, 5.41) is 0. The zero-order valence-electron chi connectivity index (χ0n) is 12.7. The average Bonchev–Trinajstić information content (AvgIpc) is 2.33. The van der Waals surface area contributed by atoms with Crippen molar-refractivity contribution in [2.24, 2.45) is 11.7 Å². The van der Waals surface area contributed by atoms with Gasteiger partial charge < -0.3 is 5.73 Å². The lowest BCUT2D eigenvalue weighted by atomic mass is 9.91. The van der Waals surface area contributed by atoms with Crippen molar-refractivity contribution < 1.29 is 4.79 Å². The van der Waals surface area contributed by atoms with Crippen LogP contribution in [0.25, 0.3) is 0 Å². The normalized spacial score (nSPS) is 14.2. The van der Waals surface area contributed by atoms with E-state index in [1.54, 1.807) is 0 Å². The summed E-state index contributed by atoms with van der Waals surface area (Å²) in [6.45, 7) is 8.22. The van der Waals surface area contributed by atoms with E-state index in [0.29, 0.717) is 12.2 Å². The molecule has 0 aliphatic carbocycles. The average molecular weight is 261 g/mol. The van der Waals surface area contributed by atoms with Crippen molar-refractivity contribution in [2.45, 2.75) is 59.4 Å². The zero-order valence-corrected chi connectivity index (χ0v) is 12.7. The summed E-state index contributed by atoms with van der Waals surface area (Å²) in [7, 11) is 0. The van der Waals surface area contributed by atoms with Gasteiger partial charge in [0.1, 0.15) is 5.78 Å². The van der Waals surface area contributed by atoms with E-state index in [9.17, 15) is 4.79 Å². The fourth-order valence-electron chi connectivity index (χ4n) is 2.38. The molecule has 0 amide bonds. The molecule has 0 aliphatic rings. The Kier molecular flexibility index (Phi) is 6.23. The number of carbonyl (C=O) groups excluding carboxylic acids is 1. The van der Waals surface area contributed by atoms with Crippen molar-refractivity contribution in [3.05, 3.63) is 34.9 Å². The Labute approximate surface area is 117 Å². The first kappa shape index (κ1) is 15.9. The SMILES string of the molecule is Cc1cccc(C)c1CC(=O)C(C)CCCC(C)N. The number of ketones is 1. The molecule has 2 unspecified atom stereocenters. The number of rotatable bonds is 7. The molecular weight excluding hydrogens is 234 g/mol. The van der Waals surface area contributed by atoms with Crippen LogP contribution in [0, 0.1) is 19.8 Å². The van der Waals surface area contributed by atoms with Crippen molar-refractivity contribution in [1.82, 2.24) is 0 Å². The summed E-state index contributed by atoms with van der Waals surface area (Å²) in [5.74, 6) is 0.486. The second kappa shape index (κ2) is 7.44. The van der Waals surface area contributed by atoms with Crippen molar-refractivity contribution in [2.75, 3.05) is 0 Å². The first-order chi connectivity index (χ1) is 8.91. The van der Waals surface area contributed by atoms with E-state index < -0.39 is 0 Å². The molecule has 0 heterocycles. The molecule has 0 saturated heterocycles. The molecule has 2 atom stereocenters. The van der Waals surface area contributed by atoms with Gasteiger partial charge in [-0.3, -0.25) is 4.79 Å². The summed E-state index contributed by atoms with van der Waals surface area (Å²) in [6.07, 6.45) is 3.56. The van der Waals surface area contributed by atoms with Gasteiger partial charge in [0.15, 0.2) is 0 Å². The van der Waals surface area contributed by atoms with Gasteiger partial charge in [-0.25, -0.2) is 0 Å². The third-order valence-corrected chi connectivity index (χ3v) is 3.84. The zero-order chi connectivity index (χ0) is 14.4. The largest absolute Gasteiger partial charge is 0.328 e. The Balaban J connectivity index is 2.54. The van der Waals surface area contributed by atoms with Crippen molar-refractivity contribution in [3.8, 4) is 0 Å². The van der Waals surface area contributed by atoms with E-state index in [1.165, 1.54) is 16.7 Å². The summed E-state index contributed by atoms with van der Waals surface area (Å²) in [6, 6.07) is 6.44. The maximum absolute atomic E-state index is 12.3. The van der Waals surface area contributed by atoms with Crippen LogP contribution >= 0.6 is 0 Å². The lowest BCUT2D eigenvalue weighted by molar-refractivity contribution is -0.121. The number of Topliss-reactive ketones (excluding diaryl/α,β-unsaturated/α-hetero) is 1. The molecule has 0 saturated carbocycles. The van der Waals surface area contributed by atoms with Gasteiger partial charge in [-0.1, -0.05) is 31.5 Å². The third-order valence-electron chi connectivity index (χ3n) is 3.84. The highest BCUT2D eigenvalue weighted by molar-refractivity contribution is 5.83. The van der Waals surface area contributed by atoms with Crippen LogP contribution in [0.1, 0.15) is 49.8 Å². The quantitative estimate of drug-likeness (QED) is 0.815. The Morgan fingerprint density at radius 1 is 1.16 bits per heavy atom. The predicted octanol–water partition coefficient (Wildman–Crippen LogP) is 3.57. The number of benzene rings is 1. The van der Waals surface area contributed by atoms with Gasteiger partial charge in [0.2, 0.25) is 0 Å². The standard InChI is InChI=1S/C17H27NO/c1-12-7-5-8-13(2)16(12)11-17(19)14(3)9-6-10-15(4)18/h5,7-8,14-15H,6,9-11,18H2,1-4H3. The van der Waals surface area contributed by atoms with Gasteiger partial charge in [0.05, 0.1) is 0 Å². The molecule has 0 radical (unpaired) electrons. The molecule has 0 aliphatic heterocycles. The van der Waals surface area contributed by atoms with Crippen molar-refractivity contribution >= 4 is 5.78 Å². The van der Waals surface area contributed by atoms with E-state index >= 15 is 0 Å². The highest BCUT2D eigenvalue weighted by atomic mass is 16.1. The second-order valence-electron chi connectivity index (χ2n) is 5.82. The van der Waals surface area contributed by atoms with E-state index in [2.05, 4.69) is 26.0 Å². The van der Waals surface area contributed by atoms with Gasteiger partial charge >= 0.3 is 0 Å². The minimum Gasteiger partial charge on any atom is -0.328 e. The number of hydrogen-bond acceptors (Lipinski definition) is 2. The second-order valence-corrected chi connectivity index (χ2v) is 5.82. The Hall–Kier alpha value is -1.15. The monoisotopic (exact) mass is 261 g/mol. The predicted molar refractivity (Wildman–Crippen MR) is 81.3 cm³/mol. The summed E-state index contributed by atoms with van der Waals surface area (Å²) in [4.78, 5) is 12.3. The molecule has 2 N–H and O–H groups in total. The molecule has 0 fully saturated rings. The van der Waals surface area contributed by atoms with Crippen molar-refractivity contribution in [1.29, 1.82) is 0 Å². The van der Waals surface area contributed by atoms with Gasteiger partial charge in [-0.15, -0.1) is 0 Å². The van der Waals surface area contributed by atoms with Crippen LogP contribution in [0.4, 0.5) is 0 Å². The van der Waals surface area contributed by atoms with Gasteiger partial charge in [-0.2, -0.15) is 0 Å². The highest BCUT2D eigenvalue weighted by Crippen LogP contribution is 2.18. The van der Waals surface area contributed by atoms with Crippen LogP contribution in [0.5, 0.6) is 0 Å². The molecule has 1 aromatic carbocycles. The molecule has 106 valence electrons. The lowest BCUT2D eigenvalue weighted by Gasteiger charge is -2.14. The number of carbonyl (C=O) groups is 1. The fourth-order valence-corrected chi connectivity index (χ4v) is 2.38. The first-order valence-electron chi connectivity index (χ1n) is 7.25. The molecule has 1 aromatic rings. The molecule has 2 nitrogen and oxygen atoms in total. The lowest BCUT2D eigenvalue weighted by Crippen LogP contribution is -2.18. The fraction of sp³-hybridized carbons (Fsp3) is 0.588. The van der Waals surface area contributed by atoms with Crippen LogP contribution in [0.2, 0.25) is 0 Å². The third kappa shape index (κ3) is 5.15. The molecule has 1 rings (SSSR count). The maximum Gasteiger partial charge on any atom is 0.140 e. The van der Waals surface area contributed by atoms with E-state index in [1.807, 2.05) is 19.9 Å². The number of aryl methyl sites for hydroxylation is 2. The number of nitrogens with two attached hydrogens (primary N) is 1.